The van der Waals surface area contributed by atoms with E-state index in [1.807, 2.05) is 24.3 Å². The lowest BCUT2D eigenvalue weighted by Crippen LogP contribution is -2.26. The summed E-state index contributed by atoms with van der Waals surface area (Å²) in [5, 5.41) is 0.782. The van der Waals surface area contributed by atoms with Crippen molar-refractivity contribution >= 4 is 34.1 Å². The average Bonchev–Trinajstić information content (AvgIpc) is 3.17. The Hall–Kier alpha value is -3.42. The quantitative estimate of drug-likeness (QED) is 0.677. The topological polar surface area (TPSA) is 65.5 Å². The number of aliphatic imine (C=N–C) groups is 1. The van der Waals surface area contributed by atoms with Crippen molar-refractivity contribution in [2.24, 2.45) is 4.99 Å². The smallest absolute Gasteiger partial charge is 0.361 e. The van der Waals surface area contributed by atoms with E-state index in [2.05, 4.69) is 9.98 Å². The Labute approximate surface area is 157 Å². The van der Waals surface area contributed by atoms with E-state index in [1.165, 1.54) is 19.2 Å². The van der Waals surface area contributed by atoms with E-state index in [1.54, 1.807) is 6.20 Å². The number of rotatable bonds is 2. The van der Waals surface area contributed by atoms with Crippen LogP contribution in [0, 0.1) is 0 Å². The molecule has 1 saturated heterocycles. The maximum atomic E-state index is 12.7. The molecule has 2 amide bonds. The van der Waals surface area contributed by atoms with Crippen LogP contribution in [-0.2, 0) is 15.8 Å². The molecule has 1 atom stereocenters. The van der Waals surface area contributed by atoms with Gasteiger partial charge in [-0.15, -0.1) is 0 Å². The van der Waals surface area contributed by atoms with Crippen LogP contribution in [0.15, 0.2) is 59.7 Å². The maximum absolute atomic E-state index is 12.7. The van der Waals surface area contributed by atoms with Crippen LogP contribution in [0.4, 0.5) is 18.9 Å². The van der Waals surface area contributed by atoms with Gasteiger partial charge in [-0.1, -0.05) is 18.2 Å². The zero-order valence-corrected chi connectivity index (χ0v) is 14.6. The van der Waals surface area contributed by atoms with Crippen molar-refractivity contribution in [1.29, 1.82) is 0 Å². The van der Waals surface area contributed by atoms with E-state index in [0.29, 0.717) is 5.56 Å². The number of alkyl halides is 3. The van der Waals surface area contributed by atoms with Gasteiger partial charge in [0.1, 0.15) is 11.6 Å². The SMILES string of the molecule is CN1C(=O)C(=Nc2ccc(C(F)(F)F)cc2)C(c2c[nH]c3ccccc23)C1=O. The molecule has 3 aromatic rings. The Bertz CT molecular complexity index is 1110. The molecule has 1 unspecified atom stereocenters. The number of imide groups is 1. The molecule has 4 rings (SSSR count). The Morgan fingerprint density at radius 2 is 1.71 bits per heavy atom. The van der Waals surface area contributed by atoms with Gasteiger partial charge in [0.05, 0.1) is 11.3 Å². The Morgan fingerprint density at radius 1 is 1.04 bits per heavy atom. The van der Waals surface area contributed by atoms with Gasteiger partial charge >= 0.3 is 6.18 Å². The molecule has 0 radical (unpaired) electrons. The molecule has 1 N–H and O–H groups in total. The third-order valence-electron chi connectivity index (χ3n) is 4.75. The highest BCUT2D eigenvalue weighted by molar-refractivity contribution is 6.52. The summed E-state index contributed by atoms with van der Waals surface area (Å²) in [4.78, 5) is 33.6. The number of likely N-dealkylation sites (N-methyl/N-ethyl adjacent to an activating group) is 1. The molecule has 1 aliphatic rings. The van der Waals surface area contributed by atoms with Gasteiger partial charge < -0.3 is 4.98 Å². The number of amides is 2. The summed E-state index contributed by atoms with van der Waals surface area (Å²) < 4.78 is 38.2. The Balaban J connectivity index is 1.80. The molecule has 0 spiro atoms. The second kappa shape index (κ2) is 6.33. The van der Waals surface area contributed by atoms with Crippen molar-refractivity contribution in [2.75, 3.05) is 7.05 Å². The first kappa shape index (κ1) is 18.0. The number of carbonyl (C=O) groups excluding carboxylic acids is 2. The van der Waals surface area contributed by atoms with Crippen LogP contribution >= 0.6 is 0 Å². The first-order chi connectivity index (χ1) is 13.3. The standard InChI is InChI=1S/C20H14F3N3O2/c1-26-18(27)16(14-10-24-15-5-3-2-4-13(14)15)17(19(26)28)25-12-8-6-11(7-9-12)20(21,22)23/h2-10,16,24H,1H3. The van der Waals surface area contributed by atoms with Crippen molar-refractivity contribution in [3.05, 3.63) is 65.9 Å². The van der Waals surface area contributed by atoms with Gasteiger partial charge in [0.25, 0.3) is 5.91 Å². The first-order valence-corrected chi connectivity index (χ1v) is 8.41. The van der Waals surface area contributed by atoms with Crippen LogP contribution in [0.5, 0.6) is 0 Å². The molecule has 8 heteroatoms. The molecule has 1 fully saturated rings. The van der Waals surface area contributed by atoms with Crippen molar-refractivity contribution in [2.45, 2.75) is 12.1 Å². The van der Waals surface area contributed by atoms with Gasteiger partial charge in [0.2, 0.25) is 5.91 Å². The molecule has 2 heterocycles. The van der Waals surface area contributed by atoms with E-state index in [-0.39, 0.29) is 11.4 Å². The Kier molecular flexibility index (Phi) is 4.06. The fraction of sp³-hybridized carbons (Fsp3) is 0.150. The highest BCUT2D eigenvalue weighted by Crippen LogP contribution is 2.34. The average molecular weight is 385 g/mol. The van der Waals surface area contributed by atoms with Crippen LogP contribution in [0.25, 0.3) is 10.9 Å². The molecule has 28 heavy (non-hydrogen) atoms. The summed E-state index contributed by atoms with van der Waals surface area (Å²) in [6.45, 7) is 0. The van der Waals surface area contributed by atoms with Gasteiger partial charge in [-0.3, -0.25) is 14.5 Å². The predicted molar refractivity (Wildman–Crippen MR) is 97.4 cm³/mol. The van der Waals surface area contributed by atoms with Crippen LogP contribution < -0.4 is 0 Å². The third-order valence-corrected chi connectivity index (χ3v) is 4.75. The molecular formula is C20H14F3N3O2. The minimum absolute atomic E-state index is 0.0167. The lowest BCUT2D eigenvalue weighted by molar-refractivity contribution is -0.138. The third kappa shape index (κ3) is 2.87. The number of para-hydroxylation sites is 1. The fourth-order valence-electron chi connectivity index (χ4n) is 3.30. The molecule has 0 aliphatic carbocycles. The number of nitrogens with zero attached hydrogens (tertiary/aromatic N) is 2. The molecular weight excluding hydrogens is 371 g/mol. The van der Waals surface area contributed by atoms with E-state index in [0.717, 1.165) is 27.9 Å². The highest BCUT2D eigenvalue weighted by Gasteiger charge is 2.44. The number of hydrogen-bond donors (Lipinski definition) is 1. The Morgan fingerprint density at radius 3 is 2.39 bits per heavy atom. The molecule has 2 aromatic carbocycles. The largest absolute Gasteiger partial charge is 0.416 e. The van der Waals surface area contributed by atoms with Crippen LogP contribution in [-0.4, -0.2) is 34.5 Å². The normalized spacial score (nSPS) is 19.2. The minimum atomic E-state index is -4.46. The van der Waals surface area contributed by atoms with Crippen LogP contribution in [0.2, 0.25) is 0 Å². The maximum Gasteiger partial charge on any atom is 0.416 e. The summed E-state index contributed by atoms with van der Waals surface area (Å²) in [5.41, 5.74) is 0.752. The second-order valence-corrected chi connectivity index (χ2v) is 6.47. The van der Waals surface area contributed by atoms with Gasteiger partial charge in [-0.25, -0.2) is 4.99 Å². The van der Waals surface area contributed by atoms with Gasteiger partial charge in [-0.05, 0) is 35.9 Å². The fourth-order valence-corrected chi connectivity index (χ4v) is 3.30. The van der Waals surface area contributed by atoms with E-state index in [9.17, 15) is 22.8 Å². The number of aromatic amines is 1. The lowest BCUT2D eigenvalue weighted by Gasteiger charge is -2.08. The van der Waals surface area contributed by atoms with E-state index in [4.69, 9.17) is 0 Å². The van der Waals surface area contributed by atoms with Crippen molar-refractivity contribution < 1.29 is 22.8 Å². The van der Waals surface area contributed by atoms with Gasteiger partial charge in [0.15, 0.2) is 0 Å². The number of benzene rings is 2. The zero-order chi connectivity index (χ0) is 20.1. The first-order valence-electron chi connectivity index (χ1n) is 8.41. The summed E-state index contributed by atoms with van der Waals surface area (Å²) in [5.74, 6) is -1.92. The minimum Gasteiger partial charge on any atom is -0.361 e. The summed E-state index contributed by atoms with van der Waals surface area (Å²) in [6.07, 6.45) is -2.81. The number of hydrogen-bond acceptors (Lipinski definition) is 3. The van der Waals surface area contributed by atoms with Crippen molar-refractivity contribution in [1.82, 2.24) is 9.88 Å². The van der Waals surface area contributed by atoms with Gasteiger partial charge in [0, 0.05) is 24.1 Å². The number of halogens is 3. The second-order valence-electron chi connectivity index (χ2n) is 6.47. The molecule has 5 nitrogen and oxygen atoms in total. The molecule has 1 aliphatic heterocycles. The van der Waals surface area contributed by atoms with Crippen molar-refractivity contribution in [3.8, 4) is 0 Å². The monoisotopic (exact) mass is 385 g/mol. The van der Waals surface area contributed by atoms with Crippen LogP contribution in [0.3, 0.4) is 0 Å². The number of aromatic nitrogens is 1. The summed E-state index contributed by atoms with van der Waals surface area (Å²) in [6, 6.07) is 11.5. The van der Waals surface area contributed by atoms with Gasteiger partial charge in [-0.2, -0.15) is 13.2 Å². The number of carbonyl (C=O) groups is 2. The molecule has 0 bridgehead atoms. The number of nitrogens with one attached hydrogen (secondary N) is 1. The number of likely N-dealkylation sites (tertiary alicyclic amines) is 1. The van der Waals surface area contributed by atoms with Crippen LogP contribution in [0.1, 0.15) is 17.0 Å². The zero-order valence-electron chi connectivity index (χ0n) is 14.6. The molecule has 1 aromatic heterocycles. The lowest BCUT2D eigenvalue weighted by atomic mass is 9.95. The number of H-pyrrole nitrogens is 1. The predicted octanol–water partition coefficient (Wildman–Crippen LogP) is 4.04. The van der Waals surface area contributed by atoms with Crippen molar-refractivity contribution in [3.63, 3.8) is 0 Å². The van der Waals surface area contributed by atoms with E-state index >= 15 is 0 Å². The number of fused-ring (bicyclic) bond motifs is 1. The van der Waals surface area contributed by atoms with E-state index < -0.39 is 29.5 Å². The molecule has 0 saturated carbocycles. The summed E-state index contributed by atoms with van der Waals surface area (Å²) in [7, 11) is 1.36. The molecule has 142 valence electrons. The summed E-state index contributed by atoms with van der Waals surface area (Å²) >= 11 is 0. The highest BCUT2D eigenvalue weighted by atomic mass is 19.4.